The number of carbonyl (C=O) groups is 5. The first kappa shape index (κ1) is 21.2. The zero-order valence-corrected chi connectivity index (χ0v) is 15.2. The number of carboxylic acid groups (broad SMARTS) is 1. The van der Waals surface area contributed by atoms with E-state index in [1.165, 1.54) is 6.20 Å². The molecule has 0 radical (unpaired) electrons. The lowest BCUT2D eigenvalue weighted by atomic mass is 10.1. The van der Waals surface area contributed by atoms with Crippen LogP contribution < -0.4 is 16.0 Å². The standard InChI is InChI=1S/C19H18N4O6/c1-11(18(28)21-9-15(25)23-13(10-24)8-16(26)27)22-19(29)17-14-5-3-2-4-12(14)6-7-20-17/h2-7,10,13H,1,8-9H2,(H,21,28)(H,22,29)(H,23,25)(H,26,27)/t13-/m0/s1. The van der Waals surface area contributed by atoms with Crippen LogP contribution >= 0.6 is 0 Å². The zero-order chi connectivity index (χ0) is 21.4. The Bertz CT molecular complexity index is 982. The smallest absolute Gasteiger partial charge is 0.305 e. The van der Waals surface area contributed by atoms with Crippen LogP contribution in [0.15, 0.2) is 48.8 Å². The van der Waals surface area contributed by atoms with E-state index in [0.717, 1.165) is 5.39 Å². The minimum Gasteiger partial charge on any atom is -0.481 e. The topological polar surface area (TPSA) is 155 Å². The Morgan fingerprint density at radius 1 is 1.17 bits per heavy atom. The van der Waals surface area contributed by atoms with Gasteiger partial charge in [-0.1, -0.05) is 30.8 Å². The van der Waals surface area contributed by atoms with Gasteiger partial charge in [-0.25, -0.2) is 0 Å². The Hall–Kier alpha value is -4.08. The molecular weight excluding hydrogens is 380 g/mol. The average Bonchev–Trinajstić information content (AvgIpc) is 2.70. The molecule has 2 rings (SSSR count). The molecule has 0 aliphatic heterocycles. The number of aliphatic carboxylic acids is 1. The number of carboxylic acids is 1. The number of hydrogen-bond acceptors (Lipinski definition) is 6. The molecule has 0 saturated carbocycles. The van der Waals surface area contributed by atoms with Gasteiger partial charge in [0.15, 0.2) is 0 Å². The number of aldehydes is 1. The van der Waals surface area contributed by atoms with E-state index < -0.39 is 42.7 Å². The van der Waals surface area contributed by atoms with Gasteiger partial charge >= 0.3 is 5.97 Å². The minimum atomic E-state index is -1.26. The highest BCUT2D eigenvalue weighted by Gasteiger charge is 2.18. The molecule has 0 bridgehead atoms. The second-order valence-electron chi connectivity index (χ2n) is 5.90. The third-order valence-electron chi connectivity index (χ3n) is 3.74. The van der Waals surface area contributed by atoms with Crippen LogP contribution in [0.25, 0.3) is 10.8 Å². The quantitative estimate of drug-likeness (QED) is 0.335. The van der Waals surface area contributed by atoms with Crippen molar-refractivity contribution in [3.8, 4) is 0 Å². The van der Waals surface area contributed by atoms with Crippen molar-refractivity contribution in [2.24, 2.45) is 0 Å². The number of pyridine rings is 1. The van der Waals surface area contributed by atoms with E-state index in [1.54, 1.807) is 18.2 Å². The molecule has 0 aliphatic carbocycles. The number of rotatable bonds is 9. The Morgan fingerprint density at radius 3 is 2.59 bits per heavy atom. The first-order valence-electron chi connectivity index (χ1n) is 8.40. The average molecular weight is 398 g/mol. The summed E-state index contributed by atoms with van der Waals surface area (Å²) in [6.45, 7) is 2.92. The summed E-state index contributed by atoms with van der Waals surface area (Å²) in [6, 6.07) is 7.61. The van der Waals surface area contributed by atoms with E-state index in [0.29, 0.717) is 5.39 Å². The van der Waals surface area contributed by atoms with Crippen LogP contribution in [0.1, 0.15) is 16.9 Å². The van der Waals surface area contributed by atoms with Crippen molar-refractivity contribution in [1.29, 1.82) is 0 Å². The van der Waals surface area contributed by atoms with Crippen molar-refractivity contribution in [2.75, 3.05) is 6.54 Å². The number of hydrogen-bond donors (Lipinski definition) is 4. The first-order valence-corrected chi connectivity index (χ1v) is 8.40. The Balaban J connectivity index is 1.91. The number of nitrogens with one attached hydrogen (secondary N) is 3. The van der Waals surface area contributed by atoms with Gasteiger partial charge in [0.2, 0.25) is 5.91 Å². The van der Waals surface area contributed by atoms with Crippen molar-refractivity contribution >= 4 is 40.7 Å². The molecule has 4 N–H and O–H groups in total. The molecular formula is C19H18N4O6. The van der Waals surface area contributed by atoms with Crippen molar-refractivity contribution in [1.82, 2.24) is 20.9 Å². The van der Waals surface area contributed by atoms with Crippen LogP contribution in [0.3, 0.4) is 0 Å². The molecule has 1 aromatic carbocycles. The van der Waals surface area contributed by atoms with Gasteiger partial charge in [0.1, 0.15) is 12.0 Å². The Morgan fingerprint density at radius 2 is 1.90 bits per heavy atom. The van der Waals surface area contributed by atoms with Crippen LogP contribution in [0.4, 0.5) is 0 Å². The van der Waals surface area contributed by atoms with Crippen molar-refractivity contribution < 1.29 is 29.1 Å². The van der Waals surface area contributed by atoms with Gasteiger partial charge in [-0.05, 0) is 11.5 Å². The number of fused-ring (bicyclic) bond motifs is 1. The van der Waals surface area contributed by atoms with E-state index in [9.17, 15) is 24.0 Å². The van der Waals surface area contributed by atoms with Crippen LogP contribution in [-0.4, -0.2) is 52.7 Å². The van der Waals surface area contributed by atoms with Crippen LogP contribution in [0.2, 0.25) is 0 Å². The van der Waals surface area contributed by atoms with Crippen molar-refractivity contribution in [3.63, 3.8) is 0 Å². The monoisotopic (exact) mass is 398 g/mol. The largest absolute Gasteiger partial charge is 0.481 e. The third kappa shape index (κ3) is 5.96. The molecule has 3 amide bonds. The number of nitrogens with zero attached hydrogens (tertiary/aromatic N) is 1. The molecule has 1 atom stereocenters. The third-order valence-corrected chi connectivity index (χ3v) is 3.74. The summed E-state index contributed by atoms with van der Waals surface area (Å²) >= 11 is 0. The van der Waals surface area contributed by atoms with Gasteiger partial charge in [0.05, 0.1) is 24.7 Å². The highest BCUT2D eigenvalue weighted by Crippen LogP contribution is 2.16. The molecule has 1 aromatic heterocycles. The fraction of sp³-hybridized carbons (Fsp3) is 0.158. The zero-order valence-electron chi connectivity index (χ0n) is 15.2. The maximum atomic E-state index is 12.4. The van der Waals surface area contributed by atoms with Gasteiger partial charge in [-0.15, -0.1) is 0 Å². The molecule has 10 nitrogen and oxygen atoms in total. The van der Waals surface area contributed by atoms with Gasteiger partial charge < -0.3 is 25.9 Å². The van der Waals surface area contributed by atoms with Gasteiger partial charge in [-0.3, -0.25) is 24.2 Å². The molecule has 2 aromatic rings. The Kier molecular flexibility index (Phi) is 7.13. The number of amides is 3. The molecule has 10 heteroatoms. The molecule has 29 heavy (non-hydrogen) atoms. The lowest BCUT2D eigenvalue weighted by Crippen LogP contribution is -2.44. The van der Waals surface area contributed by atoms with Crippen LogP contribution in [0.5, 0.6) is 0 Å². The minimum absolute atomic E-state index is 0.109. The second kappa shape index (κ2) is 9.74. The molecule has 150 valence electrons. The summed E-state index contributed by atoms with van der Waals surface area (Å²) in [7, 11) is 0. The number of aromatic nitrogens is 1. The second-order valence-corrected chi connectivity index (χ2v) is 5.90. The highest BCUT2D eigenvalue weighted by molar-refractivity contribution is 6.08. The normalized spacial score (nSPS) is 11.2. The van der Waals surface area contributed by atoms with E-state index in [2.05, 4.69) is 27.5 Å². The van der Waals surface area contributed by atoms with Crippen LogP contribution in [-0.2, 0) is 19.2 Å². The molecule has 0 fully saturated rings. The maximum Gasteiger partial charge on any atom is 0.305 e. The first-order chi connectivity index (χ1) is 13.8. The van der Waals surface area contributed by atoms with Crippen LogP contribution in [0, 0.1) is 0 Å². The van der Waals surface area contributed by atoms with E-state index in [1.807, 2.05) is 12.1 Å². The van der Waals surface area contributed by atoms with E-state index in [-0.39, 0.29) is 17.7 Å². The molecule has 0 saturated heterocycles. The van der Waals surface area contributed by atoms with Gasteiger partial charge in [0.25, 0.3) is 11.8 Å². The number of benzene rings is 1. The SMILES string of the molecule is C=C(NC(=O)c1nccc2ccccc12)C(=O)NCC(=O)N[C@H](C=O)CC(=O)O. The summed E-state index contributed by atoms with van der Waals surface area (Å²) < 4.78 is 0. The lowest BCUT2D eigenvalue weighted by Gasteiger charge is -2.12. The van der Waals surface area contributed by atoms with Crippen molar-refractivity contribution in [2.45, 2.75) is 12.5 Å². The number of carbonyl (C=O) groups excluding carboxylic acids is 4. The predicted octanol–water partition coefficient (Wildman–Crippen LogP) is -0.247. The summed E-state index contributed by atoms with van der Waals surface area (Å²) in [5.41, 5.74) is -0.202. The molecule has 0 aliphatic rings. The summed E-state index contributed by atoms with van der Waals surface area (Å²) in [5, 5.41) is 16.7. The van der Waals surface area contributed by atoms with E-state index in [4.69, 9.17) is 5.11 Å². The maximum absolute atomic E-state index is 12.4. The summed E-state index contributed by atoms with van der Waals surface area (Å²) in [5.74, 6) is -3.50. The fourth-order valence-corrected chi connectivity index (χ4v) is 2.40. The van der Waals surface area contributed by atoms with Crippen molar-refractivity contribution in [3.05, 3.63) is 54.5 Å². The van der Waals surface area contributed by atoms with Gasteiger partial charge in [-0.2, -0.15) is 0 Å². The molecule has 0 spiro atoms. The fourth-order valence-electron chi connectivity index (χ4n) is 2.40. The molecule has 1 heterocycles. The highest BCUT2D eigenvalue weighted by atomic mass is 16.4. The molecule has 0 unspecified atom stereocenters. The summed E-state index contributed by atoms with van der Waals surface area (Å²) in [4.78, 5) is 61.5. The van der Waals surface area contributed by atoms with E-state index >= 15 is 0 Å². The summed E-state index contributed by atoms with van der Waals surface area (Å²) in [6.07, 6.45) is 1.17. The van der Waals surface area contributed by atoms with Gasteiger partial charge in [0, 0.05) is 11.6 Å². The Labute approximate surface area is 165 Å². The predicted molar refractivity (Wildman–Crippen MR) is 102 cm³/mol. The lowest BCUT2D eigenvalue weighted by molar-refractivity contribution is -0.139.